The second kappa shape index (κ2) is 4.58. The average molecular weight is 243 g/mol. The van der Waals surface area contributed by atoms with Crippen molar-refractivity contribution < 1.29 is 9.53 Å². The lowest BCUT2D eigenvalue weighted by atomic mass is 9.89. The molecule has 0 heterocycles. The molecular formula is C15H17NO2. The van der Waals surface area contributed by atoms with E-state index in [-0.39, 0.29) is 5.54 Å². The summed E-state index contributed by atoms with van der Waals surface area (Å²) in [6.07, 6.45) is 8.59. The van der Waals surface area contributed by atoms with Gasteiger partial charge in [-0.05, 0) is 43.4 Å². The van der Waals surface area contributed by atoms with Crippen LogP contribution in [-0.2, 0) is 10.3 Å². The van der Waals surface area contributed by atoms with E-state index in [9.17, 15) is 4.79 Å². The lowest BCUT2D eigenvalue weighted by Crippen LogP contribution is -2.18. The molecule has 3 rings (SSSR count). The SMILES string of the molecule is O=C=NC1(c2cccc(OC3CC3)c2)CCCC1. The summed E-state index contributed by atoms with van der Waals surface area (Å²) in [5.74, 6) is 0.905. The van der Waals surface area contributed by atoms with Gasteiger partial charge in [-0.2, -0.15) is 4.99 Å². The van der Waals surface area contributed by atoms with Crippen LogP contribution in [0.25, 0.3) is 0 Å². The first-order valence-corrected chi connectivity index (χ1v) is 6.69. The van der Waals surface area contributed by atoms with Gasteiger partial charge in [-0.15, -0.1) is 0 Å². The number of ether oxygens (including phenoxy) is 1. The molecule has 2 aliphatic rings. The van der Waals surface area contributed by atoms with Crippen LogP contribution >= 0.6 is 0 Å². The van der Waals surface area contributed by atoms with Crippen LogP contribution < -0.4 is 4.74 Å². The zero-order chi connectivity index (χ0) is 12.4. The van der Waals surface area contributed by atoms with E-state index in [0.29, 0.717) is 6.10 Å². The third-order valence-corrected chi connectivity index (χ3v) is 3.89. The molecule has 0 aliphatic heterocycles. The Balaban J connectivity index is 1.90. The fourth-order valence-electron chi connectivity index (χ4n) is 2.75. The van der Waals surface area contributed by atoms with E-state index in [2.05, 4.69) is 4.99 Å². The number of isocyanates is 1. The molecule has 2 fully saturated rings. The molecule has 0 atom stereocenters. The van der Waals surface area contributed by atoms with Gasteiger partial charge in [0, 0.05) is 0 Å². The van der Waals surface area contributed by atoms with Crippen molar-refractivity contribution in [3.8, 4) is 5.75 Å². The Kier molecular flexibility index (Phi) is 2.92. The zero-order valence-corrected chi connectivity index (χ0v) is 10.4. The second-order valence-corrected chi connectivity index (χ2v) is 5.29. The summed E-state index contributed by atoms with van der Waals surface area (Å²) in [7, 11) is 0. The summed E-state index contributed by atoms with van der Waals surface area (Å²) >= 11 is 0. The zero-order valence-electron chi connectivity index (χ0n) is 10.4. The number of rotatable bonds is 4. The maximum atomic E-state index is 10.7. The molecule has 1 aromatic rings. The van der Waals surface area contributed by atoms with Crippen LogP contribution in [0.2, 0.25) is 0 Å². The van der Waals surface area contributed by atoms with Gasteiger partial charge in [0.15, 0.2) is 0 Å². The van der Waals surface area contributed by atoms with Crippen molar-refractivity contribution in [3.63, 3.8) is 0 Å². The van der Waals surface area contributed by atoms with Crippen LogP contribution in [0, 0.1) is 0 Å². The Bertz CT molecular complexity index is 481. The predicted molar refractivity (Wildman–Crippen MR) is 68.4 cm³/mol. The summed E-state index contributed by atoms with van der Waals surface area (Å²) < 4.78 is 5.81. The van der Waals surface area contributed by atoms with Gasteiger partial charge in [0.05, 0.1) is 11.6 Å². The highest BCUT2D eigenvalue weighted by Crippen LogP contribution is 2.43. The summed E-state index contributed by atoms with van der Waals surface area (Å²) in [4.78, 5) is 14.8. The van der Waals surface area contributed by atoms with E-state index < -0.39 is 0 Å². The molecule has 2 aliphatic carbocycles. The van der Waals surface area contributed by atoms with Crippen molar-refractivity contribution in [2.24, 2.45) is 4.99 Å². The van der Waals surface area contributed by atoms with Gasteiger partial charge in [-0.3, -0.25) is 0 Å². The molecule has 3 nitrogen and oxygen atoms in total. The van der Waals surface area contributed by atoms with E-state index in [1.807, 2.05) is 24.3 Å². The molecule has 2 saturated carbocycles. The third-order valence-electron chi connectivity index (χ3n) is 3.89. The Morgan fingerprint density at radius 2 is 2.06 bits per heavy atom. The van der Waals surface area contributed by atoms with Gasteiger partial charge >= 0.3 is 0 Å². The molecule has 1 aromatic carbocycles. The summed E-state index contributed by atoms with van der Waals surface area (Å²) in [6.45, 7) is 0. The third kappa shape index (κ3) is 2.19. The number of hydrogen-bond acceptors (Lipinski definition) is 3. The standard InChI is InChI=1S/C15H17NO2/c17-11-16-15(8-1-2-9-15)12-4-3-5-14(10-12)18-13-6-7-13/h3-5,10,13H,1-2,6-9H2. The van der Waals surface area contributed by atoms with Gasteiger partial charge in [-0.1, -0.05) is 25.0 Å². The van der Waals surface area contributed by atoms with Crippen LogP contribution in [0.15, 0.2) is 29.3 Å². The van der Waals surface area contributed by atoms with E-state index in [1.54, 1.807) is 6.08 Å². The minimum atomic E-state index is -0.343. The highest BCUT2D eigenvalue weighted by molar-refractivity contribution is 5.41. The molecule has 0 saturated heterocycles. The van der Waals surface area contributed by atoms with Gasteiger partial charge < -0.3 is 4.74 Å². The summed E-state index contributed by atoms with van der Waals surface area (Å²) in [6, 6.07) is 8.07. The van der Waals surface area contributed by atoms with Crippen LogP contribution in [0.5, 0.6) is 5.75 Å². The Morgan fingerprint density at radius 3 is 2.72 bits per heavy atom. The van der Waals surface area contributed by atoms with Crippen molar-refractivity contribution in [3.05, 3.63) is 29.8 Å². The monoisotopic (exact) mass is 243 g/mol. The van der Waals surface area contributed by atoms with Crippen LogP contribution in [0.3, 0.4) is 0 Å². The largest absolute Gasteiger partial charge is 0.490 e. The lowest BCUT2D eigenvalue weighted by Gasteiger charge is -2.23. The molecule has 0 amide bonds. The van der Waals surface area contributed by atoms with Gasteiger partial charge in [-0.25, -0.2) is 4.79 Å². The fraction of sp³-hybridized carbons (Fsp3) is 0.533. The highest BCUT2D eigenvalue weighted by Gasteiger charge is 2.36. The lowest BCUT2D eigenvalue weighted by molar-refractivity contribution is 0.302. The average Bonchev–Trinajstić information content (AvgIpc) is 3.06. The van der Waals surface area contributed by atoms with E-state index in [4.69, 9.17) is 4.74 Å². The number of nitrogens with zero attached hydrogens (tertiary/aromatic N) is 1. The molecule has 0 bridgehead atoms. The van der Waals surface area contributed by atoms with E-state index >= 15 is 0 Å². The van der Waals surface area contributed by atoms with Crippen molar-refractivity contribution >= 4 is 6.08 Å². The molecular weight excluding hydrogens is 226 g/mol. The number of aliphatic imine (C=N–C) groups is 1. The molecule has 0 aromatic heterocycles. The molecule has 0 spiro atoms. The second-order valence-electron chi connectivity index (χ2n) is 5.29. The maximum absolute atomic E-state index is 10.7. The molecule has 0 radical (unpaired) electrons. The van der Waals surface area contributed by atoms with Gasteiger partial charge in [0.2, 0.25) is 6.08 Å². The normalized spacial score (nSPS) is 21.3. The minimum absolute atomic E-state index is 0.343. The smallest absolute Gasteiger partial charge is 0.235 e. The Morgan fingerprint density at radius 1 is 1.28 bits per heavy atom. The predicted octanol–water partition coefficient (Wildman–Crippen LogP) is 3.33. The van der Waals surface area contributed by atoms with E-state index in [1.165, 1.54) is 0 Å². The van der Waals surface area contributed by atoms with E-state index in [0.717, 1.165) is 49.8 Å². The van der Waals surface area contributed by atoms with Crippen molar-refractivity contribution in [1.82, 2.24) is 0 Å². The first-order valence-electron chi connectivity index (χ1n) is 6.69. The number of hydrogen-bond donors (Lipinski definition) is 0. The Labute approximate surface area is 107 Å². The number of carbonyl (C=O) groups excluding carboxylic acids is 1. The highest BCUT2D eigenvalue weighted by atomic mass is 16.5. The summed E-state index contributed by atoms with van der Waals surface area (Å²) in [5, 5.41) is 0. The first kappa shape index (κ1) is 11.5. The minimum Gasteiger partial charge on any atom is -0.490 e. The fourth-order valence-corrected chi connectivity index (χ4v) is 2.75. The number of benzene rings is 1. The van der Waals surface area contributed by atoms with Gasteiger partial charge in [0.1, 0.15) is 5.75 Å². The Hall–Kier alpha value is -1.60. The molecule has 0 N–H and O–H groups in total. The van der Waals surface area contributed by atoms with Crippen molar-refractivity contribution in [2.45, 2.75) is 50.2 Å². The van der Waals surface area contributed by atoms with Crippen molar-refractivity contribution in [2.75, 3.05) is 0 Å². The van der Waals surface area contributed by atoms with Crippen LogP contribution in [0.1, 0.15) is 44.1 Å². The summed E-state index contributed by atoms with van der Waals surface area (Å²) in [5.41, 5.74) is 0.756. The molecule has 94 valence electrons. The van der Waals surface area contributed by atoms with Gasteiger partial charge in [0.25, 0.3) is 0 Å². The van der Waals surface area contributed by atoms with Crippen molar-refractivity contribution in [1.29, 1.82) is 0 Å². The first-order chi connectivity index (χ1) is 8.82. The molecule has 0 unspecified atom stereocenters. The quantitative estimate of drug-likeness (QED) is 0.601. The van der Waals surface area contributed by atoms with Crippen LogP contribution in [0.4, 0.5) is 0 Å². The molecule has 3 heteroatoms. The topological polar surface area (TPSA) is 38.7 Å². The molecule has 18 heavy (non-hydrogen) atoms. The maximum Gasteiger partial charge on any atom is 0.235 e. The van der Waals surface area contributed by atoms with Crippen LogP contribution in [-0.4, -0.2) is 12.2 Å².